The minimum atomic E-state index is -1.12. The summed E-state index contributed by atoms with van der Waals surface area (Å²) in [4.78, 5) is 64.6. The van der Waals surface area contributed by atoms with Crippen LogP contribution in [0.4, 0.5) is 5.69 Å². The zero-order chi connectivity index (χ0) is 27.1. The zero-order valence-corrected chi connectivity index (χ0v) is 20.1. The van der Waals surface area contributed by atoms with Crippen molar-refractivity contribution in [1.29, 1.82) is 0 Å². The maximum absolute atomic E-state index is 14.1. The van der Waals surface area contributed by atoms with Crippen molar-refractivity contribution in [3.63, 3.8) is 0 Å². The lowest BCUT2D eigenvalue weighted by Crippen LogP contribution is -2.35. The molecule has 0 amide bonds. The smallest absolute Gasteiger partial charge is 0.335 e. The monoisotopic (exact) mass is 513 g/mol. The molecule has 5 rings (SSSR count). The molecular weight excluding hydrogens is 494 g/mol. The molecule has 1 aliphatic heterocycles. The van der Waals surface area contributed by atoms with Crippen molar-refractivity contribution in [2.75, 3.05) is 4.90 Å². The first kappa shape index (κ1) is 24.4. The maximum Gasteiger partial charge on any atom is 0.335 e. The Morgan fingerprint density at radius 2 is 1.39 bits per heavy atom. The summed E-state index contributed by atoms with van der Waals surface area (Å²) in [5, 5.41) is 9.31. The Morgan fingerprint density at radius 3 is 1.97 bits per heavy atom. The van der Waals surface area contributed by atoms with E-state index in [1.165, 1.54) is 41.3 Å². The third kappa shape index (κ3) is 4.17. The lowest BCUT2D eigenvalue weighted by molar-refractivity contribution is -0.133. The van der Waals surface area contributed by atoms with E-state index in [2.05, 4.69) is 0 Å². The van der Waals surface area contributed by atoms with Gasteiger partial charge in [-0.15, -0.1) is 0 Å². The molecule has 0 radical (unpaired) electrons. The van der Waals surface area contributed by atoms with E-state index in [0.29, 0.717) is 17.0 Å². The number of esters is 2. The maximum atomic E-state index is 14.1. The van der Waals surface area contributed by atoms with E-state index < -0.39 is 29.5 Å². The summed E-state index contributed by atoms with van der Waals surface area (Å²) < 4.78 is 16.5. The highest BCUT2D eigenvalue weighted by atomic mass is 16.5. The third-order valence-corrected chi connectivity index (χ3v) is 5.94. The van der Waals surface area contributed by atoms with Gasteiger partial charge in [0.2, 0.25) is 17.3 Å². The van der Waals surface area contributed by atoms with Gasteiger partial charge in [-0.25, -0.2) is 4.79 Å². The highest BCUT2D eigenvalue weighted by Crippen LogP contribution is 2.43. The van der Waals surface area contributed by atoms with Crippen LogP contribution in [0, 0.1) is 0 Å². The molecule has 3 aromatic rings. The highest BCUT2D eigenvalue weighted by Gasteiger charge is 2.43. The Morgan fingerprint density at radius 1 is 0.816 bits per heavy atom. The van der Waals surface area contributed by atoms with E-state index in [1.54, 1.807) is 24.3 Å². The van der Waals surface area contributed by atoms with E-state index in [-0.39, 0.29) is 46.2 Å². The van der Waals surface area contributed by atoms with Crippen molar-refractivity contribution < 1.29 is 43.3 Å². The fourth-order valence-electron chi connectivity index (χ4n) is 4.38. The molecule has 0 spiro atoms. The van der Waals surface area contributed by atoms with E-state index in [1.807, 2.05) is 0 Å². The predicted molar refractivity (Wildman–Crippen MR) is 131 cm³/mol. The number of carboxylic acids is 1. The largest absolute Gasteiger partial charge is 0.478 e. The van der Waals surface area contributed by atoms with E-state index >= 15 is 0 Å². The van der Waals surface area contributed by atoms with Crippen molar-refractivity contribution in [1.82, 2.24) is 0 Å². The molecule has 0 saturated heterocycles. The van der Waals surface area contributed by atoms with Gasteiger partial charge in [0.25, 0.3) is 0 Å². The first-order valence-electron chi connectivity index (χ1n) is 11.4. The fraction of sp³-hybridized carbons (Fsp3) is 0.107. The quantitative estimate of drug-likeness (QED) is 0.404. The number of Topliss-reactive ketones (excluding diaryl/α,β-unsaturated/α-hetero) is 2. The molecule has 1 aliphatic carbocycles. The zero-order valence-electron chi connectivity index (χ0n) is 20.1. The number of rotatable bonds is 4. The molecule has 0 bridgehead atoms. The first-order chi connectivity index (χ1) is 18.2. The predicted octanol–water partition coefficient (Wildman–Crippen LogP) is 3.93. The van der Waals surface area contributed by atoms with Gasteiger partial charge < -0.3 is 24.2 Å². The van der Waals surface area contributed by atoms with Gasteiger partial charge in [-0.05, 0) is 42.5 Å². The normalized spacial score (nSPS) is 14.0. The molecule has 2 aliphatic rings. The summed E-state index contributed by atoms with van der Waals surface area (Å²) in [6, 6.07) is 15.2. The third-order valence-electron chi connectivity index (χ3n) is 5.94. The molecule has 0 aromatic heterocycles. The molecule has 190 valence electrons. The van der Waals surface area contributed by atoms with Crippen LogP contribution in [-0.2, 0) is 16.1 Å². The summed E-state index contributed by atoms with van der Waals surface area (Å²) >= 11 is 0. The standard InChI is InChI=1S/C28H19NO9/c1-14(30)36-20-11-12-21(37-15(2)31)23-22(20)25(32)24-27(26(23)33)38-19-6-4-3-5-17(19)13-29(24)18-9-7-16(8-10-18)28(34)35/h3-12H,13H2,1-2H3,(H,34,35). The van der Waals surface area contributed by atoms with E-state index in [0.717, 1.165) is 13.8 Å². The number of hydrogen-bond acceptors (Lipinski definition) is 9. The van der Waals surface area contributed by atoms with Crippen molar-refractivity contribution >= 4 is 35.2 Å². The molecule has 0 fully saturated rings. The summed E-state index contributed by atoms with van der Waals surface area (Å²) in [7, 11) is 0. The minimum absolute atomic E-state index is 0.0361. The van der Waals surface area contributed by atoms with Crippen molar-refractivity contribution in [2.45, 2.75) is 20.4 Å². The molecule has 0 saturated carbocycles. The summed E-state index contributed by atoms with van der Waals surface area (Å²) in [6.07, 6.45) is 0. The second kappa shape index (κ2) is 9.32. The van der Waals surface area contributed by atoms with E-state index in [9.17, 15) is 29.1 Å². The number of nitrogens with zero attached hydrogens (tertiary/aromatic N) is 1. The van der Waals surface area contributed by atoms with E-state index in [4.69, 9.17) is 14.2 Å². The number of carboxylic acid groups (broad SMARTS) is 1. The average Bonchev–Trinajstić information content (AvgIpc) is 3.05. The number of ether oxygens (including phenoxy) is 3. The number of hydrogen-bond donors (Lipinski definition) is 1. The van der Waals surface area contributed by atoms with Crippen LogP contribution >= 0.6 is 0 Å². The Balaban J connectivity index is 1.76. The molecule has 10 heteroatoms. The molecule has 0 unspecified atom stereocenters. The summed E-state index contributed by atoms with van der Waals surface area (Å²) in [5.41, 5.74) is 0.420. The van der Waals surface area contributed by atoms with Gasteiger partial charge in [0, 0.05) is 25.1 Å². The molecule has 3 aromatic carbocycles. The minimum Gasteiger partial charge on any atom is -0.478 e. The topological polar surface area (TPSA) is 137 Å². The Labute approximate surface area is 215 Å². The fourth-order valence-corrected chi connectivity index (χ4v) is 4.38. The van der Waals surface area contributed by atoms with Gasteiger partial charge in [0.05, 0.1) is 23.2 Å². The molecule has 1 heterocycles. The average molecular weight is 513 g/mol. The number of ketones is 2. The van der Waals surface area contributed by atoms with Gasteiger partial charge in [-0.3, -0.25) is 19.2 Å². The summed E-state index contributed by atoms with van der Waals surface area (Å²) in [5.74, 6) is -4.40. The number of anilines is 1. The number of fused-ring (bicyclic) bond motifs is 2. The van der Waals surface area contributed by atoms with Gasteiger partial charge in [-0.1, -0.05) is 18.2 Å². The Kier molecular flexibility index (Phi) is 6.00. The SMILES string of the molecule is CC(=O)Oc1ccc(OC(C)=O)c2c1C(=O)C1=C(C2=O)N(c2ccc(C(=O)O)cc2)Cc2ccccc2O1. The second-order valence-electron chi connectivity index (χ2n) is 8.48. The molecule has 38 heavy (non-hydrogen) atoms. The number of aromatic carboxylic acids is 1. The first-order valence-corrected chi connectivity index (χ1v) is 11.4. The van der Waals surface area contributed by atoms with Crippen LogP contribution in [0.2, 0.25) is 0 Å². The van der Waals surface area contributed by atoms with Crippen molar-refractivity contribution in [3.05, 3.63) is 94.4 Å². The molecule has 1 N–H and O–H groups in total. The highest BCUT2D eigenvalue weighted by molar-refractivity contribution is 6.29. The summed E-state index contributed by atoms with van der Waals surface area (Å²) in [6.45, 7) is 2.39. The van der Waals surface area contributed by atoms with Crippen LogP contribution in [0.3, 0.4) is 0 Å². The molecule has 0 atom stereocenters. The number of carbonyl (C=O) groups excluding carboxylic acids is 4. The van der Waals surface area contributed by atoms with Crippen LogP contribution in [0.1, 0.15) is 50.5 Å². The van der Waals surface area contributed by atoms with Crippen LogP contribution in [0.25, 0.3) is 0 Å². The number of carbonyl (C=O) groups is 5. The van der Waals surface area contributed by atoms with Crippen molar-refractivity contribution in [3.8, 4) is 17.2 Å². The lowest BCUT2D eigenvalue weighted by atomic mass is 9.88. The van der Waals surface area contributed by atoms with Crippen molar-refractivity contribution in [2.24, 2.45) is 0 Å². The number of benzene rings is 3. The second-order valence-corrected chi connectivity index (χ2v) is 8.48. The Bertz CT molecular complexity index is 1580. The van der Waals surface area contributed by atoms with Gasteiger partial charge in [0.15, 0.2) is 0 Å². The van der Waals surface area contributed by atoms with Gasteiger partial charge >= 0.3 is 17.9 Å². The lowest BCUT2D eigenvalue weighted by Gasteiger charge is -2.29. The molecule has 10 nitrogen and oxygen atoms in total. The Hall–Kier alpha value is -5.25. The van der Waals surface area contributed by atoms with Crippen LogP contribution in [0.5, 0.6) is 17.2 Å². The molecular formula is C28H19NO9. The van der Waals surface area contributed by atoms with Gasteiger partial charge in [-0.2, -0.15) is 0 Å². The van der Waals surface area contributed by atoms with Crippen LogP contribution in [0.15, 0.2) is 72.1 Å². The van der Waals surface area contributed by atoms with Crippen LogP contribution < -0.4 is 19.1 Å². The van der Waals surface area contributed by atoms with Gasteiger partial charge in [0.1, 0.15) is 22.9 Å². The number of para-hydroxylation sites is 1. The van der Waals surface area contributed by atoms with Crippen LogP contribution in [-0.4, -0.2) is 34.6 Å². The number of allylic oxidation sites excluding steroid dienone is 2.